The number of benzene rings is 2. The normalized spacial score (nSPS) is 10.1. The van der Waals surface area contributed by atoms with Crippen LogP contribution < -0.4 is 10.6 Å². The summed E-state index contributed by atoms with van der Waals surface area (Å²) in [5, 5.41) is 5.51. The number of hydrogen-bond donors (Lipinski definition) is 2. The number of hydrogen-bond acceptors (Lipinski definition) is 2. The van der Waals surface area contributed by atoms with Gasteiger partial charge in [0.25, 0.3) is 5.91 Å². The molecule has 6 heteroatoms. The Morgan fingerprint density at radius 3 is 2.41 bits per heavy atom. The topological polar surface area (TPSA) is 58.2 Å². The molecule has 0 aliphatic carbocycles. The predicted octanol–water partition coefficient (Wildman–Crippen LogP) is 3.97. The molecule has 0 fully saturated rings. The molecule has 114 valence electrons. The van der Waals surface area contributed by atoms with Crippen molar-refractivity contribution in [3.8, 4) is 0 Å². The Hall–Kier alpha value is -1.66. The molecule has 0 aliphatic rings. The van der Waals surface area contributed by atoms with E-state index in [1.807, 2.05) is 18.2 Å². The molecule has 0 saturated carbocycles. The maximum absolute atomic E-state index is 11.9. The van der Waals surface area contributed by atoms with Crippen molar-refractivity contribution in [2.75, 3.05) is 11.9 Å². The highest BCUT2D eigenvalue weighted by molar-refractivity contribution is 9.11. The fraction of sp³-hybridized carbons (Fsp3) is 0.125. The molecule has 2 rings (SSSR count). The molecule has 0 saturated heterocycles. The Kier molecular flexibility index (Phi) is 6.15. The molecule has 2 aromatic rings. The van der Waals surface area contributed by atoms with Gasteiger partial charge in [-0.2, -0.15) is 0 Å². The van der Waals surface area contributed by atoms with Crippen LogP contribution in [0.15, 0.2) is 57.5 Å². The van der Waals surface area contributed by atoms with E-state index in [0.717, 1.165) is 8.95 Å². The summed E-state index contributed by atoms with van der Waals surface area (Å²) in [5.74, 6) is -0.338. The second kappa shape index (κ2) is 8.10. The zero-order valence-corrected chi connectivity index (χ0v) is 14.8. The van der Waals surface area contributed by atoms with Crippen molar-refractivity contribution in [2.24, 2.45) is 0 Å². The standard InChI is InChI=1S/C16H14Br2N2O2/c17-12-6-7-14(13(18)10-12)20-15(21)8-9-19-16(22)11-4-2-1-3-5-11/h1-7,10H,8-9H2,(H,19,22)(H,20,21). The van der Waals surface area contributed by atoms with Crippen LogP contribution in [-0.4, -0.2) is 18.4 Å². The molecule has 0 aliphatic heterocycles. The first-order valence-corrected chi connectivity index (χ1v) is 8.23. The first-order chi connectivity index (χ1) is 10.6. The van der Waals surface area contributed by atoms with Gasteiger partial charge in [0, 0.05) is 27.5 Å². The number of carbonyl (C=O) groups excluding carboxylic acids is 2. The lowest BCUT2D eigenvalue weighted by Gasteiger charge is -2.08. The minimum absolute atomic E-state index is 0.156. The van der Waals surface area contributed by atoms with Crippen molar-refractivity contribution in [1.82, 2.24) is 5.32 Å². The van der Waals surface area contributed by atoms with Crippen LogP contribution >= 0.6 is 31.9 Å². The summed E-state index contributed by atoms with van der Waals surface area (Å²) in [7, 11) is 0. The van der Waals surface area contributed by atoms with Crippen molar-refractivity contribution in [3.05, 3.63) is 63.0 Å². The highest BCUT2D eigenvalue weighted by Crippen LogP contribution is 2.26. The lowest BCUT2D eigenvalue weighted by atomic mass is 10.2. The first-order valence-electron chi connectivity index (χ1n) is 6.64. The Morgan fingerprint density at radius 1 is 1.00 bits per heavy atom. The summed E-state index contributed by atoms with van der Waals surface area (Å²) in [6.45, 7) is 0.285. The van der Waals surface area contributed by atoms with E-state index < -0.39 is 0 Å². The summed E-state index contributed by atoms with van der Waals surface area (Å²) >= 11 is 6.74. The number of rotatable bonds is 5. The van der Waals surface area contributed by atoms with Gasteiger partial charge >= 0.3 is 0 Å². The maximum atomic E-state index is 11.9. The largest absolute Gasteiger partial charge is 0.352 e. The van der Waals surface area contributed by atoms with E-state index in [2.05, 4.69) is 42.5 Å². The lowest BCUT2D eigenvalue weighted by Crippen LogP contribution is -2.27. The van der Waals surface area contributed by atoms with Crippen molar-refractivity contribution in [1.29, 1.82) is 0 Å². The number of carbonyl (C=O) groups is 2. The minimum atomic E-state index is -0.182. The van der Waals surface area contributed by atoms with Gasteiger partial charge in [-0.15, -0.1) is 0 Å². The van der Waals surface area contributed by atoms with Crippen LogP contribution in [0.1, 0.15) is 16.8 Å². The van der Waals surface area contributed by atoms with E-state index in [1.54, 1.807) is 30.3 Å². The third-order valence-electron chi connectivity index (χ3n) is 2.88. The monoisotopic (exact) mass is 424 g/mol. The van der Waals surface area contributed by atoms with Gasteiger partial charge in [0.05, 0.1) is 5.69 Å². The molecule has 2 aromatic carbocycles. The van der Waals surface area contributed by atoms with Crippen LogP contribution in [0.2, 0.25) is 0 Å². The van der Waals surface area contributed by atoms with E-state index in [1.165, 1.54) is 0 Å². The van der Waals surface area contributed by atoms with E-state index in [9.17, 15) is 9.59 Å². The third-order valence-corrected chi connectivity index (χ3v) is 4.03. The molecule has 2 amide bonds. The number of anilines is 1. The smallest absolute Gasteiger partial charge is 0.251 e. The van der Waals surface area contributed by atoms with Gasteiger partial charge in [0.2, 0.25) is 5.91 Å². The second-order valence-corrected chi connectivity index (χ2v) is 6.31. The van der Waals surface area contributed by atoms with Gasteiger partial charge in [0.1, 0.15) is 0 Å². The second-order valence-electron chi connectivity index (χ2n) is 4.54. The van der Waals surface area contributed by atoms with Gasteiger partial charge in [-0.25, -0.2) is 0 Å². The maximum Gasteiger partial charge on any atom is 0.251 e. The molecule has 2 N–H and O–H groups in total. The van der Waals surface area contributed by atoms with Crippen LogP contribution in [-0.2, 0) is 4.79 Å². The van der Waals surface area contributed by atoms with Crippen molar-refractivity contribution in [2.45, 2.75) is 6.42 Å². The fourth-order valence-corrected chi connectivity index (χ4v) is 2.93. The highest BCUT2D eigenvalue weighted by Gasteiger charge is 2.08. The van der Waals surface area contributed by atoms with Gasteiger partial charge in [-0.3, -0.25) is 9.59 Å². The molecule has 0 spiro atoms. The average molecular weight is 426 g/mol. The fourth-order valence-electron chi connectivity index (χ4n) is 1.78. The SMILES string of the molecule is O=C(CCNC(=O)c1ccccc1)Nc1ccc(Br)cc1Br. The van der Waals surface area contributed by atoms with E-state index in [0.29, 0.717) is 11.3 Å². The molecule has 0 aromatic heterocycles. The Balaban J connectivity index is 1.80. The molecular formula is C16H14Br2N2O2. The Bertz CT molecular complexity index is 675. The van der Waals surface area contributed by atoms with Gasteiger partial charge < -0.3 is 10.6 Å². The van der Waals surface area contributed by atoms with Crippen LogP contribution in [0.4, 0.5) is 5.69 Å². The first kappa shape index (κ1) is 16.7. The average Bonchev–Trinajstić information content (AvgIpc) is 2.51. The number of halogens is 2. The molecule has 0 radical (unpaired) electrons. The molecule has 0 unspecified atom stereocenters. The summed E-state index contributed by atoms with van der Waals surface area (Å²) < 4.78 is 1.72. The van der Waals surface area contributed by atoms with Crippen molar-refractivity contribution < 1.29 is 9.59 Å². The van der Waals surface area contributed by atoms with E-state index in [-0.39, 0.29) is 24.8 Å². The zero-order chi connectivity index (χ0) is 15.9. The van der Waals surface area contributed by atoms with Gasteiger partial charge in [-0.05, 0) is 46.3 Å². The van der Waals surface area contributed by atoms with E-state index in [4.69, 9.17) is 0 Å². The summed E-state index contributed by atoms with van der Waals surface area (Å²) in [6, 6.07) is 14.4. The molecule has 0 heterocycles. The minimum Gasteiger partial charge on any atom is -0.352 e. The van der Waals surface area contributed by atoms with Crippen LogP contribution in [0.25, 0.3) is 0 Å². The van der Waals surface area contributed by atoms with Crippen LogP contribution in [0.3, 0.4) is 0 Å². The quantitative estimate of drug-likeness (QED) is 0.761. The van der Waals surface area contributed by atoms with Gasteiger partial charge in [-0.1, -0.05) is 34.1 Å². The summed E-state index contributed by atoms with van der Waals surface area (Å²) in [6.07, 6.45) is 0.209. The molecule has 0 bridgehead atoms. The predicted molar refractivity (Wildman–Crippen MR) is 93.9 cm³/mol. The Labute approximate surface area is 145 Å². The van der Waals surface area contributed by atoms with E-state index >= 15 is 0 Å². The van der Waals surface area contributed by atoms with Crippen molar-refractivity contribution >= 4 is 49.4 Å². The summed E-state index contributed by atoms with van der Waals surface area (Å²) in [4.78, 5) is 23.7. The lowest BCUT2D eigenvalue weighted by molar-refractivity contribution is -0.116. The molecule has 0 atom stereocenters. The highest BCUT2D eigenvalue weighted by atomic mass is 79.9. The number of nitrogens with one attached hydrogen (secondary N) is 2. The van der Waals surface area contributed by atoms with Crippen molar-refractivity contribution in [3.63, 3.8) is 0 Å². The van der Waals surface area contributed by atoms with Gasteiger partial charge in [0.15, 0.2) is 0 Å². The molecular weight excluding hydrogens is 412 g/mol. The molecule has 22 heavy (non-hydrogen) atoms. The number of amides is 2. The van der Waals surface area contributed by atoms with Crippen LogP contribution in [0.5, 0.6) is 0 Å². The third kappa shape index (κ3) is 4.96. The molecule has 4 nitrogen and oxygen atoms in total. The summed E-state index contributed by atoms with van der Waals surface area (Å²) in [5.41, 5.74) is 1.28. The Morgan fingerprint density at radius 2 is 1.73 bits per heavy atom. The van der Waals surface area contributed by atoms with Crippen LogP contribution in [0, 0.1) is 0 Å². The zero-order valence-electron chi connectivity index (χ0n) is 11.6.